The van der Waals surface area contributed by atoms with Crippen LogP contribution < -0.4 is 0 Å². The van der Waals surface area contributed by atoms with Crippen molar-refractivity contribution in [3.05, 3.63) is 51.2 Å². The zero-order valence-electron chi connectivity index (χ0n) is 11.2. The van der Waals surface area contributed by atoms with E-state index in [1.165, 1.54) is 16.9 Å². The number of thiophene rings is 1. The Labute approximate surface area is 119 Å². The second-order valence-corrected chi connectivity index (χ2v) is 7.31. The fourth-order valence-electron chi connectivity index (χ4n) is 1.71. The van der Waals surface area contributed by atoms with Crippen LogP contribution >= 0.6 is 11.3 Å². The molecule has 0 N–H and O–H groups in total. The van der Waals surface area contributed by atoms with Crippen molar-refractivity contribution in [3.8, 4) is 0 Å². The maximum Gasteiger partial charge on any atom is 0.185 e. The lowest BCUT2D eigenvalue weighted by atomic mass is 10.1. The Morgan fingerprint density at radius 3 is 2.42 bits per heavy atom. The third-order valence-electron chi connectivity index (χ3n) is 3.02. The van der Waals surface area contributed by atoms with E-state index in [1.807, 2.05) is 45.0 Å². The van der Waals surface area contributed by atoms with Gasteiger partial charge in [0.1, 0.15) is 0 Å². The molecular weight excluding hydrogens is 276 g/mol. The standard InChI is InChI=1S/C15H16O2S2/c1-10-4-6-13(8-11(10)2)19(17)9-14(16)15-7-5-12(3)18-15/h4-8H,9H2,1-3H3. The largest absolute Gasteiger partial charge is 0.292 e. The van der Waals surface area contributed by atoms with Crippen LogP contribution in [0.2, 0.25) is 0 Å². The predicted octanol–water partition coefficient (Wildman–Crippen LogP) is 3.66. The molecule has 1 atom stereocenters. The van der Waals surface area contributed by atoms with Crippen molar-refractivity contribution in [2.24, 2.45) is 0 Å². The van der Waals surface area contributed by atoms with Crippen LogP contribution in [-0.4, -0.2) is 15.7 Å². The number of ketones is 1. The van der Waals surface area contributed by atoms with Crippen LogP contribution in [0.1, 0.15) is 25.7 Å². The van der Waals surface area contributed by atoms with Gasteiger partial charge in [-0.1, -0.05) is 6.07 Å². The van der Waals surface area contributed by atoms with E-state index in [2.05, 4.69) is 0 Å². The van der Waals surface area contributed by atoms with Crippen LogP contribution in [0.25, 0.3) is 0 Å². The minimum Gasteiger partial charge on any atom is -0.292 e. The molecule has 0 saturated carbocycles. The Kier molecular flexibility index (Phi) is 4.32. The summed E-state index contributed by atoms with van der Waals surface area (Å²) in [7, 11) is -1.27. The topological polar surface area (TPSA) is 34.1 Å². The second-order valence-electron chi connectivity index (χ2n) is 4.57. The molecule has 1 aromatic heterocycles. The third-order valence-corrected chi connectivity index (χ3v) is 5.36. The zero-order chi connectivity index (χ0) is 14.0. The average molecular weight is 292 g/mol. The summed E-state index contributed by atoms with van der Waals surface area (Å²) in [6.07, 6.45) is 0. The number of rotatable bonds is 4. The number of Topliss-reactive ketones (excluding diaryl/α,β-unsaturated/α-hetero) is 1. The highest BCUT2D eigenvalue weighted by atomic mass is 32.2. The van der Waals surface area contributed by atoms with Gasteiger partial charge in [0, 0.05) is 9.77 Å². The lowest BCUT2D eigenvalue weighted by molar-refractivity contribution is 0.102. The first-order valence-electron chi connectivity index (χ1n) is 6.02. The second kappa shape index (κ2) is 5.80. The first-order valence-corrected chi connectivity index (χ1v) is 8.16. The molecule has 1 aromatic carbocycles. The number of hydrogen-bond donors (Lipinski definition) is 0. The summed E-state index contributed by atoms with van der Waals surface area (Å²) in [6, 6.07) is 9.41. The Balaban J connectivity index is 2.12. The maximum atomic E-state index is 12.2. The molecule has 2 aromatic rings. The minimum atomic E-state index is -1.27. The Hall–Kier alpha value is -1.26. The molecule has 1 heterocycles. The molecule has 2 rings (SSSR count). The van der Waals surface area contributed by atoms with E-state index in [0.29, 0.717) is 4.88 Å². The van der Waals surface area contributed by atoms with Crippen molar-refractivity contribution < 1.29 is 9.00 Å². The van der Waals surface area contributed by atoms with E-state index >= 15 is 0 Å². The lowest BCUT2D eigenvalue weighted by Gasteiger charge is -2.04. The summed E-state index contributed by atoms with van der Waals surface area (Å²) in [4.78, 5) is 14.5. The highest BCUT2D eigenvalue weighted by molar-refractivity contribution is 7.85. The zero-order valence-corrected chi connectivity index (χ0v) is 12.9. The van der Waals surface area contributed by atoms with Crippen molar-refractivity contribution in [1.82, 2.24) is 0 Å². The van der Waals surface area contributed by atoms with Crippen molar-refractivity contribution in [1.29, 1.82) is 0 Å². The molecule has 19 heavy (non-hydrogen) atoms. The normalized spacial score (nSPS) is 12.4. The van der Waals surface area contributed by atoms with Crippen LogP contribution in [0.3, 0.4) is 0 Å². The van der Waals surface area contributed by atoms with Gasteiger partial charge in [0.15, 0.2) is 5.78 Å². The van der Waals surface area contributed by atoms with Gasteiger partial charge in [0.2, 0.25) is 0 Å². The minimum absolute atomic E-state index is 0.0466. The molecule has 100 valence electrons. The Morgan fingerprint density at radius 1 is 1.11 bits per heavy atom. The van der Waals surface area contributed by atoms with E-state index in [1.54, 1.807) is 6.07 Å². The van der Waals surface area contributed by atoms with Gasteiger partial charge in [-0.25, -0.2) is 0 Å². The Bertz CT molecular complexity index is 641. The summed E-state index contributed by atoms with van der Waals surface area (Å²) in [5, 5.41) is 0. The lowest BCUT2D eigenvalue weighted by Crippen LogP contribution is -2.10. The van der Waals surface area contributed by atoms with Gasteiger partial charge in [-0.2, -0.15) is 0 Å². The van der Waals surface area contributed by atoms with Crippen LogP contribution in [0.15, 0.2) is 35.2 Å². The molecule has 4 heteroatoms. The van der Waals surface area contributed by atoms with E-state index in [4.69, 9.17) is 0 Å². The van der Waals surface area contributed by atoms with Gasteiger partial charge in [-0.15, -0.1) is 11.3 Å². The van der Waals surface area contributed by atoms with Gasteiger partial charge >= 0.3 is 0 Å². The quantitative estimate of drug-likeness (QED) is 0.806. The van der Waals surface area contributed by atoms with Gasteiger partial charge < -0.3 is 0 Å². The van der Waals surface area contributed by atoms with Gasteiger partial charge in [-0.3, -0.25) is 9.00 Å². The average Bonchev–Trinajstić information content (AvgIpc) is 2.79. The van der Waals surface area contributed by atoms with Crippen molar-refractivity contribution >= 4 is 27.9 Å². The highest BCUT2D eigenvalue weighted by Gasteiger charge is 2.14. The van der Waals surface area contributed by atoms with Gasteiger partial charge in [0.25, 0.3) is 0 Å². The van der Waals surface area contributed by atoms with Gasteiger partial charge in [0.05, 0.1) is 21.4 Å². The molecule has 0 aliphatic rings. The number of carbonyl (C=O) groups is 1. The number of benzene rings is 1. The fourth-order valence-corrected chi connectivity index (χ4v) is 3.70. The van der Waals surface area contributed by atoms with E-state index < -0.39 is 10.8 Å². The summed E-state index contributed by atoms with van der Waals surface area (Å²) >= 11 is 1.45. The molecule has 0 amide bonds. The smallest absolute Gasteiger partial charge is 0.185 e. The summed E-state index contributed by atoms with van der Waals surface area (Å²) < 4.78 is 12.2. The Morgan fingerprint density at radius 2 is 1.84 bits per heavy atom. The molecule has 0 fully saturated rings. The maximum absolute atomic E-state index is 12.2. The highest BCUT2D eigenvalue weighted by Crippen LogP contribution is 2.18. The molecular formula is C15H16O2S2. The van der Waals surface area contributed by atoms with Gasteiger partial charge in [-0.05, 0) is 56.2 Å². The summed E-state index contributed by atoms with van der Waals surface area (Å²) in [5.74, 6) is 0.0114. The van der Waals surface area contributed by atoms with Crippen LogP contribution in [-0.2, 0) is 10.8 Å². The van der Waals surface area contributed by atoms with Crippen LogP contribution in [0.5, 0.6) is 0 Å². The molecule has 1 unspecified atom stereocenters. The summed E-state index contributed by atoms with van der Waals surface area (Å²) in [6.45, 7) is 5.96. The first-order chi connectivity index (χ1) is 8.97. The number of carbonyl (C=O) groups excluding carboxylic acids is 1. The monoisotopic (exact) mass is 292 g/mol. The third kappa shape index (κ3) is 3.39. The van der Waals surface area contributed by atoms with Crippen LogP contribution in [0.4, 0.5) is 0 Å². The first kappa shape index (κ1) is 14.2. The van der Waals surface area contributed by atoms with Crippen LogP contribution in [0, 0.1) is 20.8 Å². The molecule has 0 spiro atoms. The molecule has 0 aliphatic carbocycles. The summed E-state index contributed by atoms with van der Waals surface area (Å²) in [5.41, 5.74) is 2.27. The van der Waals surface area contributed by atoms with E-state index in [0.717, 1.165) is 15.3 Å². The number of aryl methyl sites for hydroxylation is 3. The van der Waals surface area contributed by atoms with Crippen molar-refractivity contribution in [2.75, 3.05) is 5.75 Å². The molecule has 0 aliphatic heterocycles. The van der Waals surface area contributed by atoms with E-state index in [-0.39, 0.29) is 11.5 Å². The SMILES string of the molecule is Cc1ccc(C(=O)CS(=O)c2ccc(C)c(C)c2)s1. The predicted molar refractivity (Wildman–Crippen MR) is 80.6 cm³/mol. The van der Waals surface area contributed by atoms with Crippen molar-refractivity contribution in [3.63, 3.8) is 0 Å². The molecule has 0 saturated heterocycles. The molecule has 0 radical (unpaired) electrons. The molecule has 2 nitrogen and oxygen atoms in total. The van der Waals surface area contributed by atoms with Crippen molar-refractivity contribution in [2.45, 2.75) is 25.7 Å². The van der Waals surface area contributed by atoms with E-state index in [9.17, 15) is 9.00 Å². The number of hydrogen-bond acceptors (Lipinski definition) is 3. The fraction of sp³-hybridized carbons (Fsp3) is 0.267. The molecule has 0 bridgehead atoms.